The Morgan fingerprint density at radius 3 is 2.08 bits per heavy atom. The maximum absolute atomic E-state index is 12.3. The molecule has 0 atom stereocenters. The van der Waals surface area contributed by atoms with Gasteiger partial charge in [-0.1, -0.05) is 11.6 Å². The molecule has 130 valence electrons. The molecule has 0 aliphatic heterocycles. The van der Waals surface area contributed by atoms with Crippen LogP contribution in [0.5, 0.6) is 0 Å². The fraction of sp³-hybridized carbons (Fsp3) is 0.176. The molecule has 25 heavy (non-hydrogen) atoms. The summed E-state index contributed by atoms with van der Waals surface area (Å²) < 4.78 is 1.95. The van der Waals surface area contributed by atoms with E-state index < -0.39 is 10.8 Å². The summed E-state index contributed by atoms with van der Waals surface area (Å²) in [6, 6.07) is 10.9. The number of amides is 1. The van der Waals surface area contributed by atoms with E-state index in [1.807, 2.05) is 37.7 Å². The molecule has 2 N–H and O–H groups in total. The molecule has 2 aromatic carbocycles. The third-order valence-corrected chi connectivity index (χ3v) is 3.86. The lowest BCUT2D eigenvalue weighted by atomic mass is 10.2. The fourth-order valence-electron chi connectivity index (χ4n) is 1.96. The fourth-order valence-corrected chi connectivity index (χ4v) is 2.22. The highest BCUT2D eigenvalue weighted by Crippen LogP contribution is 2.23. The van der Waals surface area contributed by atoms with Gasteiger partial charge in [-0.2, -0.15) is 0 Å². The van der Waals surface area contributed by atoms with Crippen LogP contribution in [0.2, 0.25) is 5.02 Å². The number of hydrogen-bond donors (Lipinski definition) is 2. The molecule has 0 spiro atoms. The summed E-state index contributed by atoms with van der Waals surface area (Å²) in [5.74, 6) is 0.547. The molecule has 2 rings (SSSR count). The Balaban J connectivity index is 2.11. The summed E-state index contributed by atoms with van der Waals surface area (Å²) in [6.07, 6.45) is 0. The first kappa shape index (κ1) is 18.4. The molecule has 0 saturated heterocycles. The van der Waals surface area contributed by atoms with Crippen LogP contribution in [0, 0.1) is 10.1 Å². The summed E-state index contributed by atoms with van der Waals surface area (Å²) in [6.45, 7) is 1.95. The molecular formula is C17H18ClN4O3+. The number of anilines is 2. The molecule has 1 amide bonds. The van der Waals surface area contributed by atoms with Crippen molar-refractivity contribution in [3.8, 4) is 0 Å². The first-order valence-corrected chi connectivity index (χ1v) is 7.79. The summed E-state index contributed by atoms with van der Waals surface area (Å²) in [7, 11) is 3.87. The molecule has 0 aromatic heterocycles. The Morgan fingerprint density at radius 2 is 1.60 bits per heavy atom. The first-order valence-electron chi connectivity index (χ1n) is 7.41. The van der Waals surface area contributed by atoms with Crippen LogP contribution >= 0.6 is 11.6 Å². The van der Waals surface area contributed by atoms with Gasteiger partial charge in [-0.05, 0) is 30.3 Å². The number of benzene rings is 2. The van der Waals surface area contributed by atoms with Gasteiger partial charge in [0.2, 0.25) is 5.84 Å². The van der Waals surface area contributed by atoms with Crippen molar-refractivity contribution in [1.29, 1.82) is 0 Å². The molecule has 0 saturated carbocycles. The number of carbonyl (C=O) groups is 1. The lowest BCUT2D eigenvalue weighted by Crippen LogP contribution is -2.18. The molecule has 0 aliphatic carbocycles. The topological polar surface area (TPSA) is 87.3 Å². The van der Waals surface area contributed by atoms with E-state index in [2.05, 4.69) is 10.6 Å². The summed E-state index contributed by atoms with van der Waals surface area (Å²) in [5.41, 5.74) is 1.49. The van der Waals surface area contributed by atoms with E-state index >= 15 is 0 Å². The van der Waals surface area contributed by atoms with Gasteiger partial charge in [-0.15, -0.1) is 0 Å². The normalized spacial score (nSPS) is 10.1. The van der Waals surface area contributed by atoms with Crippen molar-refractivity contribution in [3.05, 3.63) is 63.2 Å². The molecular weight excluding hydrogens is 344 g/mol. The van der Waals surface area contributed by atoms with Crippen LogP contribution in [0.4, 0.5) is 17.1 Å². The van der Waals surface area contributed by atoms with E-state index in [1.165, 1.54) is 12.1 Å². The highest BCUT2D eigenvalue weighted by molar-refractivity contribution is 6.34. The van der Waals surface area contributed by atoms with Gasteiger partial charge >= 0.3 is 0 Å². The number of nitrogens with one attached hydrogen (secondary N) is 2. The number of nitro benzene ring substituents is 1. The van der Waals surface area contributed by atoms with Crippen LogP contribution in [0.25, 0.3) is 0 Å². The Morgan fingerprint density at radius 1 is 1.04 bits per heavy atom. The quantitative estimate of drug-likeness (QED) is 0.286. The highest BCUT2D eigenvalue weighted by atomic mass is 35.5. The van der Waals surface area contributed by atoms with E-state index in [0.29, 0.717) is 5.69 Å². The summed E-state index contributed by atoms with van der Waals surface area (Å²) in [4.78, 5) is 22.4. The van der Waals surface area contributed by atoms with Crippen molar-refractivity contribution in [2.75, 3.05) is 24.7 Å². The Kier molecular flexibility index (Phi) is 5.71. The second-order valence-electron chi connectivity index (χ2n) is 5.56. The third-order valence-electron chi connectivity index (χ3n) is 3.55. The number of amidine groups is 1. The zero-order valence-electron chi connectivity index (χ0n) is 14.0. The number of nitro groups is 1. The van der Waals surface area contributed by atoms with Crippen molar-refractivity contribution in [2.24, 2.45) is 0 Å². The number of halogens is 1. The molecule has 0 radical (unpaired) electrons. The zero-order chi connectivity index (χ0) is 18.6. The minimum atomic E-state index is -0.563. The number of carbonyl (C=O) groups excluding carboxylic acids is 1. The molecule has 0 bridgehead atoms. The van der Waals surface area contributed by atoms with Crippen LogP contribution in [-0.2, 0) is 0 Å². The molecule has 2 aromatic rings. The van der Waals surface area contributed by atoms with Gasteiger partial charge in [0.15, 0.2) is 0 Å². The van der Waals surface area contributed by atoms with Gasteiger partial charge < -0.3 is 5.32 Å². The molecule has 8 heteroatoms. The summed E-state index contributed by atoms with van der Waals surface area (Å²) in [5, 5.41) is 16.7. The minimum absolute atomic E-state index is 0.0289. The van der Waals surface area contributed by atoms with E-state index in [9.17, 15) is 14.9 Å². The number of non-ortho nitro benzene ring substituents is 1. The van der Waals surface area contributed by atoms with Crippen molar-refractivity contribution in [3.63, 3.8) is 0 Å². The van der Waals surface area contributed by atoms with Crippen molar-refractivity contribution in [2.45, 2.75) is 6.92 Å². The van der Waals surface area contributed by atoms with E-state index in [-0.39, 0.29) is 16.3 Å². The maximum Gasteiger partial charge on any atom is 0.270 e. The number of rotatable bonds is 4. The predicted octanol–water partition coefficient (Wildman–Crippen LogP) is 3.60. The smallest absolute Gasteiger partial charge is 0.270 e. The van der Waals surface area contributed by atoms with Crippen molar-refractivity contribution in [1.82, 2.24) is 0 Å². The van der Waals surface area contributed by atoms with Crippen molar-refractivity contribution < 1.29 is 14.3 Å². The van der Waals surface area contributed by atoms with E-state index in [0.717, 1.165) is 17.6 Å². The van der Waals surface area contributed by atoms with Crippen LogP contribution in [0.15, 0.2) is 42.5 Å². The lowest BCUT2D eigenvalue weighted by Gasteiger charge is -2.07. The SMILES string of the molecule is CC(Nc1ccc(NC(=O)c2ccc([N+](=O)[O-])cc2Cl)cc1)=[N+](C)C. The van der Waals surface area contributed by atoms with Gasteiger partial charge in [-0.3, -0.25) is 19.5 Å². The van der Waals surface area contributed by atoms with Crippen LogP contribution < -0.4 is 10.6 Å². The molecule has 0 unspecified atom stereocenters. The molecule has 7 nitrogen and oxygen atoms in total. The average molecular weight is 362 g/mol. The minimum Gasteiger partial charge on any atom is -0.322 e. The van der Waals surface area contributed by atoms with Gasteiger partial charge in [0.05, 0.1) is 29.6 Å². The van der Waals surface area contributed by atoms with Gasteiger partial charge in [0.25, 0.3) is 11.6 Å². The van der Waals surface area contributed by atoms with E-state index in [4.69, 9.17) is 11.6 Å². The van der Waals surface area contributed by atoms with Crippen LogP contribution in [0.3, 0.4) is 0 Å². The van der Waals surface area contributed by atoms with Crippen molar-refractivity contribution >= 4 is 40.4 Å². The number of hydrogen-bond acceptors (Lipinski definition) is 3. The van der Waals surface area contributed by atoms with Gasteiger partial charge in [-0.25, -0.2) is 5.32 Å². The second kappa shape index (κ2) is 7.76. The first-order chi connectivity index (χ1) is 11.8. The largest absolute Gasteiger partial charge is 0.322 e. The maximum atomic E-state index is 12.3. The monoisotopic (exact) mass is 361 g/mol. The standard InChI is InChI=1S/C17H17ClN4O3/c1-11(21(2)3)19-12-4-6-13(7-5-12)20-17(23)15-9-8-14(22(24)25)10-16(15)18/h4-10H,1-3H3,(H,20,23)/p+1. The van der Waals surface area contributed by atoms with Gasteiger partial charge in [0, 0.05) is 24.7 Å². The van der Waals surface area contributed by atoms with Gasteiger partial charge in [0.1, 0.15) is 5.69 Å². The Labute approximate surface area is 150 Å². The van der Waals surface area contributed by atoms with Crippen LogP contribution in [-0.4, -0.2) is 35.3 Å². The Hall–Kier alpha value is -2.93. The van der Waals surface area contributed by atoms with E-state index in [1.54, 1.807) is 12.1 Å². The molecule has 0 heterocycles. The average Bonchev–Trinajstić information content (AvgIpc) is 2.56. The predicted molar refractivity (Wildman–Crippen MR) is 98.9 cm³/mol. The molecule has 0 aliphatic rings. The zero-order valence-corrected chi connectivity index (χ0v) is 14.8. The molecule has 0 fully saturated rings. The third kappa shape index (κ3) is 4.77. The summed E-state index contributed by atoms with van der Waals surface area (Å²) >= 11 is 5.96. The lowest BCUT2D eigenvalue weighted by molar-refractivity contribution is -0.464. The highest BCUT2D eigenvalue weighted by Gasteiger charge is 2.15. The van der Waals surface area contributed by atoms with Crippen LogP contribution in [0.1, 0.15) is 17.3 Å². The number of nitrogens with zero attached hydrogens (tertiary/aromatic N) is 2. The second-order valence-corrected chi connectivity index (χ2v) is 5.96. The Bertz CT molecular complexity index is 843.